The zero-order valence-electron chi connectivity index (χ0n) is 13.3. The standard InChI is InChI=1S/C18H20BrN3OS/c19-14-6-8-15(9-7-14)21-18(24)22(13-17-5-3-11-23-17)12-16-4-1-2-10-20-16/h1-2,4,6-10,17H,3,5,11-13H2,(H,21,24). The average molecular weight is 406 g/mol. The normalized spacial score (nSPS) is 16.8. The molecule has 2 aromatic rings. The van der Waals surface area contributed by atoms with Crippen molar-refractivity contribution >= 4 is 38.9 Å². The average Bonchev–Trinajstić information content (AvgIpc) is 3.10. The van der Waals surface area contributed by atoms with E-state index < -0.39 is 0 Å². The summed E-state index contributed by atoms with van der Waals surface area (Å²) in [7, 11) is 0. The van der Waals surface area contributed by atoms with E-state index in [1.807, 2.05) is 48.7 Å². The zero-order valence-corrected chi connectivity index (χ0v) is 15.7. The first-order chi connectivity index (χ1) is 11.7. The van der Waals surface area contributed by atoms with Crippen LogP contribution in [0.3, 0.4) is 0 Å². The van der Waals surface area contributed by atoms with Gasteiger partial charge in [0, 0.05) is 29.5 Å². The smallest absolute Gasteiger partial charge is 0.173 e. The first-order valence-electron chi connectivity index (χ1n) is 8.04. The van der Waals surface area contributed by atoms with E-state index in [4.69, 9.17) is 17.0 Å². The van der Waals surface area contributed by atoms with Gasteiger partial charge in [-0.1, -0.05) is 22.0 Å². The molecule has 0 bridgehead atoms. The molecule has 0 saturated carbocycles. The van der Waals surface area contributed by atoms with Gasteiger partial charge < -0.3 is 15.0 Å². The van der Waals surface area contributed by atoms with Crippen molar-refractivity contribution < 1.29 is 4.74 Å². The maximum absolute atomic E-state index is 5.78. The Balaban J connectivity index is 1.69. The van der Waals surface area contributed by atoms with Crippen LogP contribution >= 0.6 is 28.1 Å². The lowest BCUT2D eigenvalue weighted by Crippen LogP contribution is -2.39. The zero-order chi connectivity index (χ0) is 16.8. The Morgan fingerprint density at radius 3 is 2.79 bits per heavy atom. The number of hydrogen-bond acceptors (Lipinski definition) is 3. The molecule has 1 N–H and O–H groups in total. The van der Waals surface area contributed by atoms with Crippen molar-refractivity contribution in [3.05, 3.63) is 58.8 Å². The summed E-state index contributed by atoms with van der Waals surface area (Å²) in [5.74, 6) is 0. The van der Waals surface area contributed by atoms with Crippen LogP contribution in [0.2, 0.25) is 0 Å². The third kappa shape index (κ3) is 5.00. The number of hydrogen-bond donors (Lipinski definition) is 1. The molecule has 0 aliphatic carbocycles. The second-order valence-electron chi connectivity index (χ2n) is 5.77. The highest BCUT2D eigenvalue weighted by Gasteiger charge is 2.21. The SMILES string of the molecule is S=C(Nc1ccc(Br)cc1)N(Cc1ccccn1)CC1CCCO1. The third-order valence-corrected chi connectivity index (χ3v) is 4.80. The van der Waals surface area contributed by atoms with E-state index in [-0.39, 0.29) is 6.10 Å². The number of benzene rings is 1. The Hall–Kier alpha value is -1.50. The maximum atomic E-state index is 5.78. The Morgan fingerprint density at radius 1 is 1.29 bits per heavy atom. The number of aromatic nitrogens is 1. The van der Waals surface area contributed by atoms with Crippen LogP contribution in [-0.2, 0) is 11.3 Å². The summed E-state index contributed by atoms with van der Waals surface area (Å²) in [4.78, 5) is 6.55. The lowest BCUT2D eigenvalue weighted by atomic mass is 10.2. The molecule has 1 aliphatic heterocycles. The molecule has 1 aliphatic rings. The van der Waals surface area contributed by atoms with E-state index in [1.165, 1.54) is 0 Å². The van der Waals surface area contributed by atoms with Gasteiger partial charge in [-0.3, -0.25) is 4.98 Å². The quantitative estimate of drug-likeness (QED) is 0.753. The Kier molecular flexibility index (Phi) is 6.18. The van der Waals surface area contributed by atoms with E-state index in [0.717, 1.165) is 41.8 Å². The lowest BCUT2D eigenvalue weighted by Gasteiger charge is -2.28. The minimum absolute atomic E-state index is 0.235. The van der Waals surface area contributed by atoms with Crippen LogP contribution < -0.4 is 5.32 Å². The van der Waals surface area contributed by atoms with Crippen molar-refractivity contribution in [2.24, 2.45) is 0 Å². The fraction of sp³-hybridized carbons (Fsp3) is 0.333. The molecule has 126 valence electrons. The van der Waals surface area contributed by atoms with Crippen LogP contribution in [0.4, 0.5) is 5.69 Å². The third-order valence-electron chi connectivity index (χ3n) is 3.91. The van der Waals surface area contributed by atoms with Gasteiger partial charge in [-0.05, 0) is 61.5 Å². The highest BCUT2D eigenvalue weighted by atomic mass is 79.9. The molecule has 1 fully saturated rings. The molecule has 1 aromatic heterocycles. The predicted molar refractivity (Wildman–Crippen MR) is 104 cm³/mol. The molecule has 2 heterocycles. The highest BCUT2D eigenvalue weighted by Crippen LogP contribution is 2.18. The number of nitrogens with one attached hydrogen (secondary N) is 1. The van der Waals surface area contributed by atoms with Gasteiger partial charge in [0.2, 0.25) is 0 Å². The van der Waals surface area contributed by atoms with Crippen molar-refractivity contribution in [2.45, 2.75) is 25.5 Å². The molecule has 1 unspecified atom stereocenters. The monoisotopic (exact) mass is 405 g/mol. The van der Waals surface area contributed by atoms with Gasteiger partial charge in [0.1, 0.15) is 0 Å². The van der Waals surface area contributed by atoms with Crippen molar-refractivity contribution in [2.75, 3.05) is 18.5 Å². The molecule has 0 spiro atoms. The fourth-order valence-corrected chi connectivity index (χ4v) is 3.20. The summed E-state index contributed by atoms with van der Waals surface area (Å²) in [6.45, 7) is 2.29. The molecule has 1 atom stereocenters. The number of ether oxygens (including phenoxy) is 1. The van der Waals surface area contributed by atoms with E-state index in [9.17, 15) is 0 Å². The second-order valence-corrected chi connectivity index (χ2v) is 7.08. The Morgan fingerprint density at radius 2 is 2.12 bits per heavy atom. The lowest BCUT2D eigenvalue weighted by molar-refractivity contribution is 0.0903. The number of pyridine rings is 1. The molecule has 4 nitrogen and oxygen atoms in total. The van der Waals surface area contributed by atoms with Crippen LogP contribution in [0.25, 0.3) is 0 Å². The summed E-state index contributed by atoms with van der Waals surface area (Å²) in [5, 5.41) is 4.01. The van der Waals surface area contributed by atoms with E-state index in [1.54, 1.807) is 0 Å². The Bertz CT molecular complexity index is 660. The van der Waals surface area contributed by atoms with E-state index >= 15 is 0 Å². The van der Waals surface area contributed by atoms with Gasteiger partial charge in [0.25, 0.3) is 0 Å². The van der Waals surface area contributed by atoms with Crippen molar-refractivity contribution in [3.8, 4) is 0 Å². The molecule has 1 aromatic carbocycles. The summed E-state index contributed by atoms with van der Waals surface area (Å²) in [6, 6.07) is 13.9. The van der Waals surface area contributed by atoms with E-state index in [2.05, 4.69) is 31.1 Å². The van der Waals surface area contributed by atoms with Crippen LogP contribution in [0.5, 0.6) is 0 Å². The van der Waals surface area contributed by atoms with Gasteiger partial charge in [0.05, 0.1) is 18.3 Å². The van der Waals surface area contributed by atoms with Gasteiger partial charge >= 0.3 is 0 Å². The highest BCUT2D eigenvalue weighted by molar-refractivity contribution is 9.10. The largest absolute Gasteiger partial charge is 0.376 e. The van der Waals surface area contributed by atoms with Gasteiger partial charge in [-0.25, -0.2) is 0 Å². The molecule has 24 heavy (non-hydrogen) atoms. The van der Waals surface area contributed by atoms with E-state index in [0.29, 0.717) is 11.7 Å². The predicted octanol–water partition coefficient (Wildman–Crippen LogP) is 4.22. The van der Waals surface area contributed by atoms with Crippen LogP contribution in [-0.4, -0.2) is 34.3 Å². The minimum Gasteiger partial charge on any atom is -0.376 e. The van der Waals surface area contributed by atoms with Crippen LogP contribution in [0.15, 0.2) is 53.1 Å². The number of nitrogens with zero attached hydrogens (tertiary/aromatic N) is 2. The summed E-state index contributed by atoms with van der Waals surface area (Å²) < 4.78 is 6.83. The Labute approximate surface area is 156 Å². The van der Waals surface area contributed by atoms with Crippen molar-refractivity contribution in [1.82, 2.24) is 9.88 Å². The van der Waals surface area contributed by atoms with Gasteiger partial charge in [-0.15, -0.1) is 0 Å². The molecule has 3 rings (SSSR count). The maximum Gasteiger partial charge on any atom is 0.173 e. The number of halogens is 1. The number of rotatable bonds is 5. The molecule has 0 amide bonds. The molecular formula is C18H20BrN3OS. The van der Waals surface area contributed by atoms with Crippen molar-refractivity contribution in [1.29, 1.82) is 0 Å². The fourth-order valence-electron chi connectivity index (χ4n) is 2.68. The first-order valence-corrected chi connectivity index (χ1v) is 9.24. The number of thiocarbonyl (C=S) groups is 1. The summed E-state index contributed by atoms with van der Waals surface area (Å²) in [5.41, 5.74) is 1.97. The topological polar surface area (TPSA) is 37.4 Å². The minimum atomic E-state index is 0.235. The van der Waals surface area contributed by atoms with Gasteiger partial charge in [0.15, 0.2) is 5.11 Å². The molecule has 6 heteroatoms. The summed E-state index contributed by atoms with van der Waals surface area (Å²) in [6.07, 6.45) is 4.25. The number of anilines is 1. The molecular weight excluding hydrogens is 386 g/mol. The van der Waals surface area contributed by atoms with Crippen LogP contribution in [0.1, 0.15) is 18.5 Å². The summed E-state index contributed by atoms with van der Waals surface area (Å²) >= 11 is 9.09. The first kappa shape index (κ1) is 17.3. The van der Waals surface area contributed by atoms with Crippen LogP contribution in [0, 0.1) is 0 Å². The van der Waals surface area contributed by atoms with Gasteiger partial charge in [-0.2, -0.15) is 0 Å². The van der Waals surface area contributed by atoms with Crippen molar-refractivity contribution in [3.63, 3.8) is 0 Å². The molecule has 0 radical (unpaired) electrons. The second kappa shape index (κ2) is 8.55. The molecule has 1 saturated heterocycles.